The normalized spacial score (nSPS) is 21.6. The number of rotatable bonds is 5. The van der Waals surface area contributed by atoms with Crippen molar-refractivity contribution in [2.75, 3.05) is 13.2 Å². The molecule has 0 aromatic carbocycles. The van der Waals surface area contributed by atoms with Gasteiger partial charge in [0.05, 0.1) is 25.8 Å². The fourth-order valence-electron chi connectivity index (χ4n) is 1.91. The van der Waals surface area contributed by atoms with E-state index < -0.39 is 24.0 Å². The largest absolute Gasteiger partial charge is 0.481 e. The number of ether oxygens (including phenoxy) is 1. The van der Waals surface area contributed by atoms with Crippen molar-refractivity contribution >= 4 is 23.3 Å². The summed E-state index contributed by atoms with van der Waals surface area (Å²) in [6, 6.07) is -0.894. The molecule has 7 nitrogen and oxygen atoms in total. The zero-order valence-electron chi connectivity index (χ0n) is 11.1. The molecule has 1 saturated heterocycles. The number of urea groups is 1. The van der Waals surface area contributed by atoms with Crippen LogP contribution in [0, 0.1) is 5.92 Å². The molecular weight excluding hydrogens is 282 g/mol. The number of aryl methyl sites for hydroxylation is 1. The molecule has 2 atom stereocenters. The molecule has 0 spiro atoms. The molecule has 110 valence electrons. The number of carbonyl (C=O) groups excluding carboxylic acids is 1. The Morgan fingerprint density at radius 2 is 2.35 bits per heavy atom. The van der Waals surface area contributed by atoms with E-state index in [0.717, 1.165) is 16.3 Å². The van der Waals surface area contributed by atoms with Crippen LogP contribution in [0.1, 0.15) is 16.8 Å². The first-order valence-corrected chi connectivity index (χ1v) is 7.20. The van der Waals surface area contributed by atoms with Gasteiger partial charge in [-0.05, 0) is 6.42 Å². The first-order chi connectivity index (χ1) is 9.60. The van der Waals surface area contributed by atoms with E-state index in [0.29, 0.717) is 6.54 Å². The van der Waals surface area contributed by atoms with Crippen molar-refractivity contribution < 1.29 is 19.4 Å². The lowest BCUT2D eigenvalue weighted by Crippen LogP contribution is -2.47. The van der Waals surface area contributed by atoms with E-state index in [9.17, 15) is 9.59 Å². The molecule has 20 heavy (non-hydrogen) atoms. The molecule has 8 heteroatoms. The Hall–Kier alpha value is -1.67. The number of amides is 2. The van der Waals surface area contributed by atoms with Gasteiger partial charge in [0, 0.05) is 11.1 Å². The second-order valence-electron chi connectivity index (χ2n) is 4.49. The predicted octanol–water partition coefficient (Wildman–Crippen LogP) is 0.604. The minimum Gasteiger partial charge on any atom is -0.481 e. The van der Waals surface area contributed by atoms with Gasteiger partial charge in [-0.1, -0.05) is 6.92 Å². The van der Waals surface area contributed by atoms with Crippen molar-refractivity contribution in [2.45, 2.75) is 25.9 Å². The number of nitrogens with one attached hydrogen (secondary N) is 2. The Kier molecular flexibility index (Phi) is 4.91. The molecule has 1 aliphatic heterocycles. The fraction of sp³-hybridized carbons (Fsp3) is 0.583. The first-order valence-electron chi connectivity index (χ1n) is 6.38. The number of nitrogens with zero attached hydrogens (tertiary/aromatic N) is 1. The highest BCUT2D eigenvalue weighted by atomic mass is 32.1. The number of carbonyl (C=O) groups is 2. The molecule has 2 amide bonds. The monoisotopic (exact) mass is 299 g/mol. The SMILES string of the molecule is CCc1cnc(CNC(=O)NC2COCC2C(=O)O)s1. The molecule has 2 unspecified atom stereocenters. The number of hydrogen-bond acceptors (Lipinski definition) is 5. The second kappa shape index (κ2) is 6.67. The highest BCUT2D eigenvalue weighted by Gasteiger charge is 2.34. The van der Waals surface area contributed by atoms with Crippen molar-refractivity contribution in [1.29, 1.82) is 0 Å². The van der Waals surface area contributed by atoms with Gasteiger partial charge in [0.25, 0.3) is 0 Å². The molecule has 0 radical (unpaired) electrons. The van der Waals surface area contributed by atoms with Gasteiger partial charge in [-0.25, -0.2) is 9.78 Å². The molecule has 2 heterocycles. The highest BCUT2D eigenvalue weighted by molar-refractivity contribution is 7.11. The summed E-state index contributed by atoms with van der Waals surface area (Å²) >= 11 is 1.55. The summed E-state index contributed by atoms with van der Waals surface area (Å²) in [6.07, 6.45) is 2.72. The van der Waals surface area contributed by atoms with Crippen LogP contribution in [0.3, 0.4) is 0 Å². The van der Waals surface area contributed by atoms with Crippen molar-refractivity contribution in [2.24, 2.45) is 5.92 Å². The molecule has 2 rings (SSSR count). The second-order valence-corrected chi connectivity index (χ2v) is 5.69. The van der Waals surface area contributed by atoms with Crippen LogP contribution in [0.4, 0.5) is 4.79 Å². The van der Waals surface area contributed by atoms with Gasteiger partial charge in [-0.2, -0.15) is 0 Å². The third-order valence-corrected chi connectivity index (χ3v) is 4.21. The maximum absolute atomic E-state index is 11.7. The molecular formula is C12H17N3O4S. The lowest BCUT2D eigenvalue weighted by Gasteiger charge is -2.15. The summed E-state index contributed by atoms with van der Waals surface area (Å²) in [7, 11) is 0. The van der Waals surface area contributed by atoms with E-state index in [1.807, 2.05) is 6.92 Å². The maximum atomic E-state index is 11.7. The van der Waals surface area contributed by atoms with Crippen LogP contribution in [0.25, 0.3) is 0 Å². The summed E-state index contributed by atoms with van der Waals surface area (Å²) in [5, 5.41) is 15.1. The zero-order chi connectivity index (χ0) is 14.5. The lowest BCUT2D eigenvalue weighted by atomic mass is 10.0. The van der Waals surface area contributed by atoms with Crippen LogP contribution < -0.4 is 10.6 Å². The smallest absolute Gasteiger partial charge is 0.315 e. The Labute approximate surface area is 120 Å². The number of carboxylic acids is 1. The average Bonchev–Trinajstić information content (AvgIpc) is 3.04. The first kappa shape index (κ1) is 14.7. The Bertz CT molecular complexity index is 491. The van der Waals surface area contributed by atoms with Crippen molar-refractivity contribution in [3.63, 3.8) is 0 Å². The number of thiazole rings is 1. The van der Waals surface area contributed by atoms with E-state index in [2.05, 4.69) is 15.6 Å². The number of hydrogen-bond donors (Lipinski definition) is 3. The third-order valence-electron chi connectivity index (χ3n) is 3.06. The van der Waals surface area contributed by atoms with Gasteiger partial charge in [0.1, 0.15) is 10.9 Å². The van der Waals surface area contributed by atoms with Crippen LogP contribution in [0.5, 0.6) is 0 Å². The Morgan fingerprint density at radius 1 is 1.55 bits per heavy atom. The topological polar surface area (TPSA) is 101 Å². The summed E-state index contributed by atoms with van der Waals surface area (Å²) in [4.78, 5) is 28.0. The zero-order valence-corrected chi connectivity index (χ0v) is 11.9. The number of aromatic nitrogens is 1. The van der Waals surface area contributed by atoms with Crippen LogP contribution in [-0.2, 0) is 22.5 Å². The van der Waals surface area contributed by atoms with E-state index >= 15 is 0 Å². The average molecular weight is 299 g/mol. The van der Waals surface area contributed by atoms with E-state index in [4.69, 9.17) is 9.84 Å². The predicted molar refractivity (Wildman–Crippen MR) is 72.6 cm³/mol. The third kappa shape index (κ3) is 3.67. The Morgan fingerprint density at radius 3 is 3.00 bits per heavy atom. The van der Waals surface area contributed by atoms with Gasteiger partial charge >= 0.3 is 12.0 Å². The van der Waals surface area contributed by atoms with Gasteiger partial charge in [-0.3, -0.25) is 4.79 Å². The molecule has 3 N–H and O–H groups in total. The van der Waals surface area contributed by atoms with Gasteiger partial charge in [0.2, 0.25) is 0 Å². The van der Waals surface area contributed by atoms with Crippen LogP contribution in [0.15, 0.2) is 6.20 Å². The molecule has 1 fully saturated rings. The maximum Gasteiger partial charge on any atom is 0.315 e. The van der Waals surface area contributed by atoms with E-state index in [1.54, 1.807) is 17.5 Å². The van der Waals surface area contributed by atoms with Gasteiger partial charge < -0.3 is 20.5 Å². The molecule has 1 aliphatic rings. The van der Waals surface area contributed by atoms with Crippen molar-refractivity contribution in [3.05, 3.63) is 16.1 Å². The summed E-state index contributed by atoms with van der Waals surface area (Å²) in [5.74, 6) is -1.65. The highest BCUT2D eigenvalue weighted by Crippen LogP contribution is 2.14. The summed E-state index contributed by atoms with van der Waals surface area (Å²) in [6.45, 7) is 2.74. The van der Waals surface area contributed by atoms with E-state index in [1.165, 1.54) is 0 Å². The van der Waals surface area contributed by atoms with Gasteiger partial charge in [-0.15, -0.1) is 11.3 Å². The number of carboxylic acid groups (broad SMARTS) is 1. The lowest BCUT2D eigenvalue weighted by molar-refractivity contribution is -0.142. The molecule has 0 saturated carbocycles. The summed E-state index contributed by atoms with van der Waals surface area (Å²) < 4.78 is 5.08. The quantitative estimate of drug-likeness (QED) is 0.739. The standard InChI is InChI=1S/C12H17N3O4S/c1-2-7-3-13-10(20-7)4-14-12(18)15-9-6-19-5-8(9)11(16)17/h3,8-9H,2,4-6H2,1H3,(H,16,17)(H2,14,15,18). The van der Waals surface area contributed by atoms with Crippen molar-refractivity contribution in [3.8, 4) is 0 Å². The molecule has 1 aromatic heterocycles. The minimum absolute atomic E-state index is 0.132. The van der Waals surface area contributed by atoms with Crippen LogP contribution in [-0.4, -0.2) is 41.3 Å². The van der Waals surface area contributed by atoms with Crippen LogP contribution >= 0.6 is 11.3 Å². The number of aliphatic carboxylic acids is 1. The Balaban J connectivity index is 1.79. The molecule has 1 aromatic rings. The van der Waals surface area contributed by atoms with Crippen molar-refractivity contribution in [1.82, 2.24) is 15.6 Å². The van der Waals surface area contributed by atoms with Crippen LogP contribution in [0.2, 0.25) is 0 Å². The molecule has 0 aliphatic carbocycles. The molecule has 0 bridgehead atoms. The fourth-order valence-corrected chi connectivity index (χ4v) is 2.71. The van der Waals surface area contributed by atoms with E-state index in [-0.39, 0.29) is 13.2 Å². The minimum atomic E-state index is -0.958. The summed E-state index contributed by atoms with van der Waals surface area (Å²) in [5.41, 5.74) is 0. The van der Waals surface area contributed by atoms with Gasteiger partial charge in [0.15, 0.2) is 0 Å².